The quantitative estimate of drug-likeness (QED) is 0.169. The molecule has 5 aromatic rings. The van der Waals surface area contributed by atoms with Gasteiger partial charge < -0.3 is 18.9 Å². The Labute approximate surface area is 275 Å². The minimum Gasteiger partial charge on any atom is -0.457 e. The van der Waals surface area contributed by atoms with Crippen LogP contribution in [-0.2, 0) is 17.7 Å². The SMILES string of the molecule is CCCc1ccc(-c2ccc(Oc3cc4nc(C5CCN(CC6CCOCC6)CC5)ncc4cc3Cn3ccccc3=O)cc2)nn1. The summed E-state index contributed by atoms with van der Waals surface area (Å²) < 4.78 is 13.7. The molecule has 9 heteroatoms. The number of piperidine rings is 1. The van der Waals surface area contributed by atoms with Crippen LogP contribution in [0.5, 0.6) is 11.5 Å². The first-order valence-electron chi connectivity index (χ1n) is 17.0. The second kappa shape index (κ2) is 14.5. The van der Waals surface area contributed by atoms with Gasteiger partial charge >= 0.3 is 0 Å². The molecule has 0 unspecified atom stereocenters. The van der Waals surface area contributed by atoms with Crippen LogP contribution >= 0.6 is 0 Å². The van der Waals surface area contributed by atoms with Crippen LogP contribution in [0.15, 0.2) is 83.9 Å². The van der Waals surface area contributed by atoms with Gasteiger partial charge in [-0.25, -0.2) is 9.97 Å². The van der Waals surface area contributed by atoms with E-state index in [2.05, 4.69) is 22.0 Å². The Kier molecular flexibility index (Phi) is 9.63. The van der Waals surface area contributed by atoms with Crippen molar-refractivity contribution in [3.8, 4) is 22.8 Å². The van der Waals surface area contributed by atoms with Crippen LogP contribution in [0.2, 0.25) is 0 Å². The Bertz CT molecular complexity index is 1840. The van der Waals surface area contributed by atoms with E-state index < -0.39 is 0 Å². The normalized spacial score (nSPS) is 16.4. The summed E-state index contributed by atoms with van der Waals surface area (Å²) in [5.41, 5.74) is 4.45. The molecule has 2 aliphatic heterocycles. The summed E-state index contributed by atoms with van der Waals surface area (Å²) in [5, 5.41) is 9.71. The molecule has 5 heterocycles. The van der Waals surface area contributed by atoms with Crippen molar-refractivity contribution in [2.45, 2.75) is 57.9 Å². The van der Waals surface area contributed by atoms with Crippen molar-refractivity contribution in [2.75, 3.05) is 32.8 Å². The summed E-state index contributed by atoms with van der Waals surface area (Å²) in [6.45, 7) is 7.63. The number of aromatic nitrogens is 5. The van der Waals surface area contributed by atoms with E-state index in [9.17, 15) is 4.79 Å². The predicted octanol–water partition coefficient (Wildman–Crippen LogP) is 6.65. The molecule has 0 atom stereocenters. The fraction of sp³-hybridized carbons (Fsp3) is 0.395. The minimum absolute atomic E-state index is 0.0660. The zero-order valence-corrected chi connectivity index (χ0v) is 27.1. The summed E-state index contributed by atoms with van der Waals surface area (Å²) in [4.78, 5) is 25.1. The number of fused-ring (bicyclic) bond motifs is 1. The number of nitrogens with zero attached hydrogens (tertiary/aromatic N) is 6. The number of likely N-dealkylation sites (tertiary alicyclic amines) is 1. The van der Waals surface area contributed by atoms with E-state index in [0.717, 1.165) is 97.1 Å². The number of hydrogen-bond donors (Lipinski definition) is 0. The highest BCUT2D eigenvalue weighted by Crippen LogP contribution is 2.33. The van der Waals surface area contributed by atoms with Crippen LogP contribution in [0.1, 0.15) is 62.0 Å². The van der Waals surface area contributed by atoms with Crippen molar-refractivity contribution in [1.82, 2.24) is 29.6 Å². The van der Waals surface area contributed by atoms with Crippen molar-refractivity contribution in [3.63, 3.8) is 0 Å². The summed E-state index contributed by atoms with van der Waals surface area (Å²) >= 11 is 0. The number of hydrogen-bond acceptors (Lipinski definition) is 8. The van der Waals surface area contributed by atoms with Crippen LogP contribution in [-0.4, -0.2) is 62.5 Å². The topological polar surface area (TPSA) is 95.3 Å². The summed E-state index contributed by atoms with van der Waals surface area (Å²) in [6.07, 6.45) is 10.2. The van der Waals surface area contributed by atoms with Gasteiger partial charge in [0.1, 0.15) is 17.3 Å². The van der Waals surface area contributed by atoms with E-state index in [4.69, 9.17) is 19.4 Å². The maximum Gasteiger partial charge on any atom is 0.250 e. The predicted molar refractivity (Wildman–Crippen MR) is 183 cm³/mol. The van der Waals surface area contributed by atoms with E-state index in [0.29, 0.717) is 24.0 Å². The first kappa shape index (κ1) is 31.1. The molecule has 0 amide bonds. The van der Waals surface area contributed by atoms with E-state index in [-0.39, 0.29) is 5.56 Å². The molecule has 7 rings (SSSR count). The fourth-order valence-corrected chi connectivity index (χ4v) is 6.70. The Morgan fingerprint density at radius 2 is 1.77 bits per heavy atom. The molecule has 0 spiro atoms. The van der Waals surface area contributed by atoms with E-state index in [1.165, 1.54) is 19.4 Å². The van der Waals surface area contributed by atoms with Gasteiger partial charge in [-0.15, -0.1) is 0 Å². The van der Waals surface area contributed by atoms with Crippen molar-refractivity contribution in [3.05, 3.63) is 107 Å². The first-order chi connectivity index (χ1) is 23.1. The molecule has 0 saturated carbocycles. The van der Waals surface area contributed by atoms with E-state index in [1.807, 2.05) is 60.8 Å². The average molecular weight is 631 g/mol. The monoisotopic (exact) mass is 630 g/mol. The molecule has 2 saturated heterocycles. The summed E-state index contributed by atoms with van der Waals surface area (Å²) in [5.74, 6) is 3.34. The summed E-state index contributed by atoms with van der Waals surface area (Å²) in [7, 11) is 0. The molecule has 0 aliphatic carbocycles. The molecule has 3 aromatic heterocycles. The second-order valence-electron chi connectivity index (χ2n) is 12.8. The van der Waals surface area contributed by atoms with Crippen molar-refractivity contribution >= 4 is 10.9 Å². The van der Waals surface area contributed by atoms with Crippen molar-refractivity contribution in [2.24, 2.45) is 5.92 Å². The lowest BCUT2D eigenvalue weighted by Gasteiger charge is -2.34. The summed E-state index contributed by atoms with van der Waals surface area (Å²) in [6, 6.07) is 21.2. The molecule has 0 radical (unpaired) electrons. The third kappa shape index (κ3) is 7.58. The maximum atomic E-state index is 12.6. The lowest BCUT2D eigenvalue weighted by molar-refractivity contribution is 0.0486. The zero-order chi connectivity index (χ0) is 32.0. The smallest absolute Gasteiger partial charge is 0.250 e. The number of rotatable bonds is 10. The number of aryl methyl sites for hydroxylation is 1. The van der Waals surface area contributed by atoms with Crippen LogP contribution in [0.4, 0.5) is 0 Å². The van der Waals surface area contributed by atoms with Gasteiger partial charge in [0.25, 0.3) is 5.56 Å². The Morgan fingerprint density at radius 1 is 0.936 bits per heavy atom. The van der Waals surface area contributed by atoms with Gasteiger partial charge in [0.05, 0.1) is 23.4 Å². The van der Waals surface area contributed by atoms with Crippen LogP contribution in [0.25, 0.3) is 22.2 Å². The molecule has 9 nitrogen and oxygen atoms in total. The number of benzene rings is 2. The highest BCUT2D eigenvalue weighted by atomic mass is 16.5. The molecular weight excluding hydrogens is 588 g/mol. The van der Waals surface area contributed by atoms with Gasteiger partial charge in [-0.05, 0) is 99.6 Å². The third-order valence-electron chi connectivity index (χ3n) is 9.43. The number of ether oxygens (including phenoxy) is 2. The standard InChI is InChI=1S/C38H42N6O3/c1-2-5-32-9-12-34(42-41-32)28-7-10-33(11-8-28)47-36-23-35-30(22-31(36)26-44-17-4-3-6-37(44)45)24-39-38(40-35)29-13-18-43(19-14-29)25-27-15-20-46-21-16-27/h3-4,6-12,17,22-24,27,29H,2,5,13-16,18-21,25-26H2,1H3. The molecule has 2 fully saturated rings. The molecule has 242 valence electrons. The van der Waals surface area contributed by atoms with Gasteiger partial charge in [0, 0.05) is 66.7 Å². The second-order valence-corrected chi connectivity index (χ2v) is 12.8. The van der Waals surface area contributed by atoms with Gasteiger partial charge in [-0.2, -0.15) is 10.2 Å². The third-order valence-corrected chi connectivity index (χ3v) is 9.43. The molecule has 47 heavy (non-hydrogen) atoms. The fourth-order valence-electron chi connectivity index (χ4n) is 6.70. The Hall–Kier alpha value is -4.47. The maximum absolute atomic E-state index is 12.6. The van der Waals surface area contributed by atoms with Gasteiger partial charge in [-0.3, -0.25) is 4.79 Å². The Balaban J connectivity index is 1.12. The molecule has 0 N–H and O–H groups in total. The van der Waals surface area contributed by atoms with Crippen LogP contribution in [0.3, 0.4) is 0 Å². The molecule has 0 bridgehead atoms. The van der Waals surface area contributed by atoms with Gasteiger partial charge in [0.2, 0.25) is 0 Å². The lowest BCUT2D eigenvalue weighted by Crippen LogP contribution is -2.38. The lowest BCUT2D eigenvalue weighted by atomic mass is 9.93. The number of pyridine rings is 1. The molecule has 2 aliphatic rings. The van der Waals surface area contributed by atoms with Crippen molar-refractivity contribution < 1.29 is 9.47 Å². The average Bonchev–Trinajstić information content (AvgIpc) is 3.11. The largest absolute Gasteiger partial charge is 0.457 e. The van der Waals surface area contributed by atoms with E-state index >= 15 is 0 Å². The minimum atomic E-state index is -0.0660. The molecular formula is C38H42N6O3. The Morgan fingerprint density at radius 3 is 2.51 bits per heavy atom. The zero-order valence-electron chi connectivity index (χ0n) is 27.1. The molecule has 2 aromatic carbocycles. The van der Waals surface area contributed by atoms with Crippen LogP contribution in [0, 0.1) is 5.92 Å². The first-order valence-corrected chi connectivity index (χ1v) is 17.0. The van der Waals surface area contributed by atoms with Gasteiger partial charge in [-0.1, -0.05) is 19.4 Å². The van der Waals surface area contributed by atoms with Crippen LogP contribution < -0.4 is 10.3 Å². The highest BCUT2D eigenvalue weighted by molar-refractivity contribution is 5.81. The van der Waals surface area contributed by atoms with Gasteiger partial charge in [0.15, 0.2) is 0 Å². The van der Waals surface area contributed by atoms with E-state index in [1.54, 1.807) is 22.9 Å². The highest BCUT2D eigenvalue weighted by Gasteiger charge is 2.25. The van der Waals surface area contributed by atoms with Crippen molar-refractivity contribution in [1.29, 1.82) is 0 Å².